The maximum absolute atomic E-state index is 12.6. The number of aromatic amines is 1. The van der Waals surface area contributed by atoms with E-state index in [0.29, 0.717) is 19.6 Å². The van der Waals surface area contributed by atoms with Crippen LogP contribution in [0.4, 0.5) is 32.3 Å². The highest BCUT2D eigenvalue weighted by molar-refractivity contribution is 5.31. The number of H-pyrrole nitrogens is 1. The van der Waals surface area contributed by atoms with Crippen LogP contribution in [0.5, 0.6) is 0 Å². The molecule has 120 valence electrons. The second-order valence-corrected chi connectivity index (χ2v) is 4.84. The Balaban J connectivity index is 2.25. The van der Waals surface area contributed by atoms with E-state index in [1.54, 1.807) is 5.10 Å². The summed E-state index contributed by atoms with van der Waals surface area (Å²) >= 11 is 0. The van der Waals surface area contributed by atoms with Gasteiger partial charge in [0.25, 0.3) is 0 Å². The van der Waals surface area contributed by atoms with Crippen LogP contribution in [0, 0.1) is 0 Å². The van der Waals surface area contributed by atoms with E-state index in [0.717, 1.165) is 0 Å². The summed E-state index contributed by atoms with van der Waals surface area (Å²) in [5.74, 6) is -5.06. The zero-order valence-electron chi connectivity index (χ0n) is 10.9. The number of aromatic nitrogens is 3. The van der Waals surface area contributed by atoms with Crippen LogP contribution in [0.1, 0.15) is 18.7 Å². The van der Waals surface area contributed by atoms with Crippen molar-refractivity contribution < 1.29 is 26.3 Å². The Morgan fingerprint density at radius 2 is 1.81 bits per heavy atom. The molecule has 0 aliphatic carbocycles. The highest BCUT2D eigenvalue weighted by atomic mass is 19.4. The molecule has 1 aromatic rings. The molecular weight excluding hydrogens is 304 g/mol. The van der Waals surface area contributed by atoms with Crippen LogP contribution in [0.15, 0.2) is 0 Å². The van der Waals surface area contributed by atoms with E-state index in [1.807, 2.05) is 6.92 Å². The average Bonchev–Trinajstić information content (AvgIpc) is 2.74. The number of rotatable bonds is 2. The van der Waals surface area contributed by atoms with Gasteiger partial charge in [0, 0.05) is 25.7 Å². The molecule has 2 heterocycles. The lowest BCUT2D eigenvalue weighted by molar-refractivity contribution is -0.255. The van der Waals surface area contributed by atoms with Gasteiger partial charge in [-0.15, -0.1) is 5.10 Å². The molecule has 1 atom stereocenters. The van der Waals surface area contributed by atoms with Crippen LogP contribution in [0.3, 0.4) is 0 Å². The quantitative estimate of drug-likeness (QED) is 0.817. The summed E-state index contributed by atoms with van der Waals surface area (Å²) in [6.45, 7) is 3.20. The van der Waals surface area contributed by atoms with Crippen molar-refractivity contribution in [1.29, 1.82) is 0 Å². The molecule has 11 heteroatoms. The van der Waals surface area contributed by atoms with Gasteiger partial charge in [-0.05, 0) is 6.92 Å². The summed E-state index contributed by atoms with van der Waals surface area (Å²) in [7, 11) is 0. The van der Waals surface area contributed by atoms with E-state index in [2.05, 4.69) is 15.4 Å². The Kier molecular flexibility index (Phi) is 4.04. The fourth-order valence-electron chi connectivity index (χ4n) is 2.15. The van der Waals surface area contributed by atoms with Crippen LogP contribution in [0.2, 0.25) is 0 Å². The smallest absolute Gasteiger partial charge is 0.337 e. The third kappa shape index (κ3) is 3.57. The fourth-order valence-corrected chi connectivity index (χ4v) is 2.15. The number of piperazine rings is 1. The van der Waals surface area contributed by atoms with Gasteiger partial charge in [0.2, 0.25) is 11.9 Å². The maximum atomic E-state index is 12.6. The summed E-state index contributed by atoms with van der Waals surface area (Å²) in [6, 6.07) is 0.0433. The van der Waals surface area contributed by atoms with Crippen LogP contribution in [0.25, 0.3) is 0 Å². The molecule has 21 heavy (non-hydrogen) atoms. The van der Waals surface area contributed by atoms with E-state index >= 15 is 0 Å². The Labute approximate surface area is 115 Å². The summed E-state index contributed by atoms with van der Waals surface area (Å²) in [5.41, 5.74) is 0. The van der Waals surface area contributed by atoms with Crippen molar-refractivity contribution >= 4 is 5.95 Å². The van der Waals surface area contributed by atoms with Crippen LogP contribution >= 0.6 is 0 Å². The van der Waals surface area contributed by atoms with Gasteiger partial charge in [-0.1, -0.05) is 0 Å². The van der Waals surface area contributed by atoms with Crippen molar-refractivity contribution in [3.63, 3.8) is 0 Å². The zero-order valence-corrected chi connectivity index (χ0v) is 10.9. The molecule has 5 nitrogen and oxygen atoms in total. The minimum atomic E-state index is -5.48. The van der Waals surface area contributed by atoms with Gasteiger partial charge >= 0.3 is 12.4 Å². The first-order valence-electron chi connectivity index (χ1n) is 6.13. The number of anilines is 1. The summed E-state index contributed by atoms with van der Waals surface area (Å²) in [5, 5.41) is 8.34. The number of nitrogens with one attached hydrogen (secondary N) is 2. The molecule has 1 aliphatic heterocycles. The molecule has 0 saturated carbocycles. The SMILES string of the molecule is C[C@H]1CN(c2n[nH]c(C(C(F)(F)F)C(F)(F)F)n2)CCN1. The molecule has 0 spiro atoms. The fraction of sp³-hybridized carbons (Fsp3) is 0.800. The standard InChI is InChI=1S/C10H13F6N5/c1-5-4-21(3-2-17-5)8-18-7(19-20-8)6(9(11,12)13)10(14,15)16/h5-6,17H,2-4H2,1H3,(H,18,19,20)/t5-/m0/s1. The lowest BCUT2D eigenvalue weighted by Crippen LogP contribution is -2.49. The number of nitrogens with zero attached hydrogens (tertiary/aromatic N) is 3. The van der Waals surface area contributed by atoms with Crippen LogP contribution < -0.4 is 10.2 Å². The predicted molar refractivity (Wildman–Crippen MR) is 60.9 cm³/mol. The van der Waals surface area contributed by atoms with E-state index in [9.17, 15) is 26.3 Å². The number of halogens is 6. The Bertz CT molecular complexity index is 467. The Morgan fingerprint density at radius 1 is 1.19 bits per heavy atom. The Hall–Kier alpha value is -1.52. The number of alkyl halides is 6. The minimum Gasteiger partial charge on any atom is -0.337 e. The van der Waals surface area contributed by atoms with Gasteiger partial charge in [-0.2, -0.15) is 31.3 Å². The van der Waals surface area contributed by atoms with Gasteiger partial charge in [0.05, 0.1) is 0 Å². The van der Waals surface area contributed by atoms with Crippen LogP contribution in [-0.4, -0.2) is 53.2 Å². The van der Waals surface area contributed by atoms with Gasteiger partial charge in [0.15, 0.2) is 0 Å². The van der Waals surface area contributed by atoms with Crippen molar-refractivity contribution in [2.75, 3.05) is 24.5 Å². The molecule has 0 bridgehead atoms. The molecule has 1 fully saturated rings. The molecule has 0 radical (unpaired) electrons. The third-order valence-corrected chi connectivity index (χ3v) is 3.07. The normalized spacial score (nSPS) is 21.1. The maximum Gasteiger partial charge on any atom is 0.407 e. The van der Waals surface area contributed by atoms with Crippen molar-refractivity contribution in [2.24, 2.45) is 0 Å². The first-order chi connectivity index (χ1) is 9.59. The largest absolute Gasteiger partial charge is 0.407 e. The summed E-state index contributed by atoms with van der Waals surface area (Å²) < 4.78 is 75.5. The minimum absolute atomic E-state index is 0.0433. The van der Waals surface area contributed by atoms with Crippen molar-refractivity contribution in [1.82, 2.24) is 20.5 Å². The molecule has 0 aromatic carbocycles. The lowest BCUT2D eigenvalue weighted by atomic mass is 10.1. The van der Waals surface area contributed by atoms with E-state index in [-0.39, 0.29) is 12.0 Å². The molecule has 1 saturated heterocycles. The lowest BCUT2D eigenvalue weighted by Gasteiger charge is -2.30. The average molecular weight is 317 g/mol. The van der Waals surface area contributed by atoms with Gasteiger partial charge in [-0.25, -0.2) is 0 Å². The predicted octanol–water partition coefficient (Wildman–Crippen LogP) is 1.81. The summed E-state index contributed by atoms with van der Waals surface area (Å²) in [4.78, 5) is 4.93. The Morgan fingerprint density at radius 3 is 2.33 bits per heavy atom. The first-order valence-corrected chi connectivity index (χ1v) is 6.13. The molecular formula is C10H13F6N5. The van der Waals surface area contributed by atoms with Crippen molar-refractivity contribution in [2.45, 2.75) is 31.2 Å². The van der Waals surface area contributed by atoms with Gasteiger partial charge in [0.1, 0.15) is 5.82 Å². The highest BCUT2D eigenvalue weighted by Gasteiger charge is 2.59. The molecule has 0 unspecified atom stereocenters. The van der Waals surface area contributed by atoms with E-state index in [4.69, 9.17) is 0 Å². The number of hydrogen-bond donors (Lipinski definition) is 2. The van der Waals surface area contributed by atoms with Gasteiger partial charge in [-0.3, -0.25) is 5.10 Å². The molecule has 1 aliphatic rings. The van der Waals surface area contributed by atoms with Crippen LogP contribution in [-0.2, 0) is 0 Å². The molecule has 1 aromatic heterocycles. The van der Waals surface area contributed by atoms with Gasteiger partial charge < -0.3 is 10.2 Å². The van der Waals surface area contributed by atoms with E-state index < -0.39 is 24.1 Å². The molecule has 0 amide bonds. The second kappa shape index (κ2) is 5.35. The van der Waals surface area contributed by atoms with E-state index in [1.165, 1.54) is 4.90 Å². The zero-order chi connectivity index (χ0) is 15.8. The second-order valence-electron chi connectivity index (χ2n) is 4.84. The third-order valence-electron chi connectivity index (χ3n) is 3.07. The summed E-state index contributed by atoms with van der Waals surface area (Å²) in [6.07, 6.45) is -11.0. The molecule has 2 N–H and O–H groups in total. The monoisotopic (exact) mass is 317 g/mol. The highest BCUT2D eigenvalue weighted by Crippen LogP contribution is 2.45. The topological polar surface area (TPSA) is 56.8 Å². The van der Waals surface area contributed by atoms with Crippen molar-refractivity contribution in [3.8, 4) is 0 Å². The molecule has 2 rings (SSSR count). The first kappa shape index (κ1) is 15.9. The van der Waals surface area contributed by atoms with Crippen molar-refractivity contribution in [3.05, 3.63) is 5.82 Å². The number of hydrogen-bond acceptors (Lipinski definition) is 4.